The van der Waals surface area contributed by atoms with Crippen LogP contribution in [0.3, 0.4) is 0 Å². The standard InChI is InChI=1S/C13H11F3N2O3S/c14-13(15,16)11-9(12(20)21-17-11)5-8-1-2-10(22-8)18-4-3-7(19)6-18/h1-2,5,7,19H,3-4,6H2/b9-5-. The van der Waals surface area contributed by atoms with Gasteiger partial charge in [-0.3, -0.25) is 0 Å². The monoisotopic (exact) mass is 332 g/mol. The van der Waals surface area contributed by atoms with Crippen molar-refractivity contribution in [3.05, 3.63) is 22.6 Å². The van der Waals surface area contributed by atoms with Crippen molar-refractivity contribution in [1.29, 1.82) is 0 Å². The van der Waals surface area contributed by atoms with Crippen molar-refractivity contribution in [2.24, 2.45) is 5.16 Å². The molecule has 9 heteroatoms. The molecule has 2 aliphatic rings. The molecular formula is C13H11F3N2O3S. The van der Waals surface area contributed by atoms with Gasteiger partial charge < -0.3 is 14.8 Å². The molecular weight excluding hydrogens is 321 g/mol. The van der Waals surface area contributed by atoms with Gasteiger partial charge in [-0.15, -0.1) is 11.3 Å². The highest BCUT2D eigenvalue weighted by molar-refractivity contribution is 7.17. The van der Waals surface area contributed by atoms with Crippen LogP contribution < -0.4 is 4.90 Å². The molecule has 1 N–H and O–H groups in total. The van der Waals surface area contributed by atoms with E-state index in [2.05, 4.69) is 9.99 Å². The number of β-amino-alcohol motifs (C(OH)–C–C–N with tert-alkyl or cyclic N) is 1. The molecule has 1 unspecified atom stereocenters. The summed E-state index contributed by atoms with van der Waals surface area (Å²) < 4.78 is 38.2. The van der Waals surface area contributed by atoms with E-state index in [0.29, 0.717) is 24.4 Å². The van der Waals surface area contributed by atoms with E-state index in [9.17, 15) is 23.1 Å². The van der Waals surface area contributed by atoms with Gasteiger partial charge in [0.2, 0.25) is 0 Å². The van der Waals surface area contributed by atoms with E-state index in [0.717, 1.165) is 11.1 Å². The molecule has 1 fully saturated rings. The van der Waals surface area contributed by atoms with Gasteiger partial charge in [-0.1, -0.05) is 5.16 Å². The van der Waals surface area contributed by atoms with Crippen LogP contribution in [0.25, 0.3) is 6.08 Å². The lowest BCUT2D eigenvalue weighted by Crippen LogP contribution is -2.24. The summed E-state index contributed by atoms with van der Waals surface area (Å²) in [6.07, 6.45) is -3.34. The van der Waals surface area contributed by atoms with E-state index in [1.54, 1.807) is 12.1 Å². The topological polar surface area (TPSA) is 62.1 Å². The molecule has 5 nitrogen and oxygen atoms in total. The van der Waals surface area contributed by atoms with Crippen molar-refractivity contribution < 1.29 is 27.9 Å². The Balaban J connectivity index is 1.84. The highest BCUT2D eigenvalue weighted by Gasteiger charge is 2.45. The average Bonchev–Trinajstić information content (AvgIpc) is 3.11. The van der Waals surface area contributed by atoms with Crippen LogP contribution in [-0.4, -0.2) is 42.2 Å². The van der Waals surface area contributed by atoms with Gasteiger partial charge in [0.1, 0.15) is 0 Å². The van der Waals surface area contributed by atoms with Gasteiger partial charge in [-0.2, -0.15) is 13.2 Å². The summed E-state index contributed by atoms with van der Waals surface area (Å²) >= 11 is 1.24. The van der Waals surface area contributed by atoms with Gasteiger partial charge in [-0.05, 0) is 24.6 Å². The molecule has 0 spiro atoms. The average molecular weight is 332 g/mol. The molecule has 0 aromatic carbocycles. The van der Waals surface area contributed by atoms with Crippen LogP contribution in [0, 0.1) is 0 Å². The third-order valence-electron chi connectivity index (χ3n) is 3.34. The summed E-state index contributed by atoms with van der Waals surface area (Å²) in [6, 6.07) is 3.37. The molecule has 1 atom stereocenters. The number of aliphatic hydroxyl groups is 1. The normalized spacial score (nSPS) is 24.1. The second-order valence-corrected chi connectivity index (χ2v) is 6.03. The summed E-state index contributed by atoms with van der Waals surface area (Å²) in [7, 11) is 0. The number of thiophene rings is 1. The largest absolute Gasteiger partial charge is 0.437 e. The van der Waals surface area contributed by atoms with E-state index >= 15 is 0 Å². The first kappa shape index (κ1) is 15.0. The van der Waals surface area contributed by atoms with Crippen molar-refractivity contribution >= 4 is 34.1 Å². The van der Waals surface area contributed by atoms with Crippen molar-refractivity contribution in [3.8, 4) is 0 Å². The number of nitrogens with zero attached hydrogens (tertiary/aromatic N) is 2. The van der Waals surface area contributed by atoms with Crippen LogP contribution in [0.2, 0.25) is 0 Å². The molecule has 1 saturated heterocycles. The van der Waals surface area contributed by atoms with E-state index in [4.69, 9.17) is 0 Å². The molecule has 3 heterocycles. The number of rotatable bonds is 2. The lowest BCUT2D eigenvalue weighted by Gasteiger charge is -2.14. The van der Waals surface area contributed by atoms with Crippen molar-refractivity contribution in [2.45, 2.75) is 18.7 Å². The second-order valence-electron chi connectivity index (χ2n) is 4.94. The maximum absolute atomic E-state index is 12.7. The first-order valence-corrected chi connectivity index (χ1v) is 7.27. The molecule has 0 amide bonds. The number of halogens is 3. The highest BCUT2D eigenvalue weighted by atomic mass is 32.1. The van der Waals surface area contributed by atoms with Crippen molar-refractivity contribution in [1.82, 2.24) is 0 Å². The Kier molecular flexibility index (Phi) is 3.69. The van der Waals surface area contributed by atoms with E-state index in [1.165, 1.54) is 11.3 Å². The Hall–Kier alpha value is -1.87. The molecule has 0 saturated carbocycles. The Morgan fingerprint density at radius 2 is 2.23 bits per heavy atom. The van der Waals surface area contributed by atoms with Crippen molar-refractivity contribution in [2.75, 3.05) is 18.0 Å². The first-order chi connectivity index (χ1) is 10.3. The van der Waals surface area contributed by atoms with Gasteiger partial charge in [0.15, 0.2) is 5.71 Å². The fourth-order valence-corrected chi connectivity index (χ4v) is 3.27. The number of hydrogen-bond donors (Lipinski definition) is 1. The summed E-state index contributed by atoms with van der Waals surface area (Å²) in [5.74, 6) is -1.11. The van der Waals surface area contributed by atoms with Crippen LogP contribution in [0.15, 0.2) is 22.9 Å². The van der Waals surface area contributed by atoms with Gasteiger partial charge in [0, 0.05) is 18.0 Å². The zero-order chi connectivity index (χ0) is 15.9. The molecule has 0 radical (unpaired) electrons. The predicted octanol–water partition coefficient (Wildman–Crippen LogP) is 2.18. The lowest BCUT2D eigenvalue weighted by atomic mass is 10.1. The minimum absolute atomic E-state index is 0.391. The van der Waals surface area contributed by atoms with E-state index < -0.39 is 29.5 Å². The summed E-state index contributed by atoms with van der Waals surface area (Å²) in [5.41, 5.74) is -1.91. The van der Waals surface area contributed by atoms with Gasteiger partial charge >= 0.3 is 12.1 Å². The maximum Gasteiger partial charge on any atom is 0.437 e. The zero-order valence-corrected chi connectivity index (χ0v) is 11.9. The number of hydrogen-bond acceptors (Lipinski definition) is 6. The van der Waals surface area contributed by atoms with Gasteiger partial charge in [0.25, 0.3) is 0 Å². The molecule has 2 aliphatic heterocycles. The van der Waals surface area contributed by atoms with Crippen molar-refractivity contribution in [3.63, 3.8) is 0 Å². The third kappa shape index (κ3) is 2.86. The number of alkyl halides is 3. The quantitative estimate of drug-likeness (QED) is 0.666. The molecule has 0 bridgehead atoms. The van der Waals surface area contributed by atoms with Gasteiger partial charge in [0.05, 0.1) is 16.7 Å². The Morgan fingerprint density at radius 3 is 2.86 bits per heavy atom. The van der Waals surface area contributed by atoms with Crippen LogP contribution in [-0.2, 0) is 9.63 Å². The van der Waals surface area contributed by atoms with Crippen LogP contribution in [0.1, 0.15) is 11.3 Å². The Labute approximate surface area is 127 Å². The fourth-order valence-electron chi connectivity index (χ4n) is 2.29. The number of aliphatic hydroxyl groups excluding tert-OH is 1. The number of carbonyl (C=O) groups is 1. The van der Waals surface area contributed by atoms with Crippen LogP contribution >= 0.6 is 11.3 Å². The first-order valence-electron chi connectivity index (χ1n) is 6.46. The molecule has 3 rings (SSSR count). The second kappa shape index (κ2) is 5.40. The fraction of sp³-hybridized carbons (Fsp3) is 0.385. The SMILES string of the molecule is O=C1ON=C(C(F)(F)F)/C1=C/c1ccc(N2CCC(O)C2)s1. The summed E-state index contributed by atoms with van der Waals surface area (Å²) in [5, 5.41) is 13.1. The minimum atomic E-state index is -4.74. The molecule has 0 aliphatic carbocycles. The summed E-state index contributed by atoms with van der Waals surface area (Å²) in [4.78, 5) is 18.0. The van der Waals surface area contributed by atoms with Gasteiger partial charge in [-0.25, -0.2) is 4.79 Å². The number of anilines is 1. The summed E-state index contributed by atoms with van der Waals surface area (Å²) in [6.45, 7) is 1.18. The van der Waals surface area contributed by atoms with Crippen LogP contribution in [0.4, 0.5) is 18.2 Å². The number of oxime groups is 1. The Bertz CT molecular complexity index is 666. The van der Waals surface area contributed by atoms with Crippen LogP contribution in [0.5, 0.6) is 0 Å². The van der Waals surface area contributed by atoms with E-state index in [-0.39, 0.29) is 0 Å². The predicted molar refractivity (Wildman–Crippen MR) is 74.7 cm³/mol. The third-order valence-corrected chi connectivity index (χ3v) is 4.43. The zero-order valence-electron chi connectivity index (χ0n) is 11.1. The number of carbonyl (C=O) groups excluding carboxylic acids is 1. The van der Waals surface area contributed by atoms with E-state index in [1.807, 2.05) is 4.90 Å². The molecule has 118 valence electrons. The molecule has 22 heavy (non-hydrogen) atoms. The molecule has 1 aromatic heterocycles. The Morgan fingerprint density at radius 1 is 1.45 bits per heavy atom. The maximum atomic E-state index is 12.7. The smallest absolute Gasteiger partial charge is 0.391 e. The molecule has 1 aromatic rings. The lowest BCUT2D eigenvalue weighted by molar-refractivity contribution is -0.136. The highest BCUT2D eigenvalue weighted by Crippen LogP contribution is 2.33. The minimum Gasteiger partial charge on any atom is -0.391 e.